The second-order valence-corrected chi connectivity index (χ2v) is 14.8. The third-order valence-corrected chi connectivity index (χ3v) is 8.86. The molecule has 2 fully saturated rings. The first kappa shape index (κ1) is 32.9. The summed E-state index contributed by atoms with van der Waals surface area (Å²) in [4.78, 5) is 53.2. The Balaban J connectivity index is 1.90. The average Bonchev–Trinajstić information content (AvgIpc) is 3.79. The van der Waals surface area contributed by atoms with E-state index in [1.807, 2.05) is 0 Å². The monoisotopic (exact) mass is 606 g/mol. The van der Waals surface area contributed by atoms with Gasteiger partial charge in [-0.1, -0.05) is 39.0 Å². The Morgan fingerprint density at radius 2 is 1.60 bits per heavy atom. The number of carbonyl (C=O) groups excluding carboxylic acids is 4. The number of sulfonamides is 1. The van der Waals surface area contributed by atoms with Crippen molar-refractivity contribution < 1.29 is 37.1 Å². The van der Waals surface area contributed by atoms with E-state index in [-0.39, 0.29) is 6.42 Å². The molecule has 3 rings (SSSR count). The number of carbonyl (C=O) groups is 4. The van der Waals surface area contributed by atoms with Crippen LogP contribution in [0.1, 0.15) is 72.4 Å². The van der Waals surface area contributed by atoms with Crippen LogP contribution in [-0.4, -0.2) is 61.8 Å². The van der Waals surface area contributed by atoms with Gasteiger partial charge in [0.15, 0.2) is 0 Å². The highest BCUT2D eigenvalue weighted by Crippen LogP contribution is 2.45. The lowest BCUT2D eigenvalue weighted by atomic mass is 9.86. The molecule has 1 aromatic carbocycles. The lowest BCUT2D eigenvalue weighted by molar-refractivity contribution is -0.134. The van der Waals surface area contributed by atoms with Gasteiger partial charge in [0, 0.05) is 5.92 Å². The Bertz CT molecular complexity index is 1330. The van der Waals surface area contributed by atoms with Gasteiger partial charge in [-0.05, 0) is 63.1 Å². The molecular weight excluding hydrogens is 564 g/mol. The summed E-state index contributed by atoms with van der Waals surface area (Å²) >= 11 is 0. The fourth-order valence-electron chi connectivity index (χ4n) is 4.43. The molecule has 0 heterocycles. The maximum absolute atomic E-state index is 13.8. The van der Waals surface area contributed by atoms with E-state index in [1.165, 1.54) is 13.2 Å². The molecule has 0 spiro atoms. The molecule has 0 bridgehead atoms. The van der Waals surface area contributed by atoms with Crippen LogP contribution in [0.3, 0.4) is 0 Å². The number of methoxy groups -OCH3 is 1. The zero-order valence-electron chi connectivity index (χ0n) is 25.2. The van der Waals surface area contributed by atoms with Crippen molar-refractivity contribution in [3.8, 4) is 5.75 Å². The maximum Gasteiger partial charge on any atom is 0.408 e. The molecule has 2 aliphatic rings. The highest BCUT2D eigenvalue weighted by molar-refractivity contribution is 7.91. The third kappa shape index (κ3) is 8.02. The van der Waals surface area contributed by atoms with Crippen LogP contribution in [0.2, 0.25) is 0 Å². The first-order valence-corrected chi connectivity index (χ1v) is 15.3. The summed E-state index contributed by atoms with van der Waals surface area (Å²) in [5, 5.41) is 7.36. The Morgan fingerprint density at radius 3 is 2.05 bits per heavy atom. The number of alkyl carbamates (subject to hydrolysis) is 1. The molecule has 0 saturated heterocycles. The highest BCUT2D eigenvalue weighted by Gasteiger charge is 2.61. The molecule has 42 heavy (non-hydrogen) atoms. The van der Waals surface area contributed by atoms with E-state index < -0.39 is 73.6 Å². The predicted octanol–water partition coefficient (Wildman–Crippen LogP) is 2.46. The maximum atomic E-state index is 13.8. The van der Waals surface area contributed by atoms with Gasteiger partial charge in [-0.2, -0.15) is 0 Å². The van der Waals surface area contributed by atoms with E-state index in [1.54, 1.807) is 65.8 Å². The highest BCUT2D eigenvalue weighted by atomic mass is 32.2. The average molecular weight is 607 g/mol. The van der Waals surface area contributed by atoms with Crippen LogP contribution in [-0.2, 0) is 29.1 Å². The van der Waals surface area contributed by atoms with Gasteiger partial charge in [-0.15, -0.1) is 6.58 Å². The number of rotatable bonds is 11. The topological polar surface area (TPSA) is 169 Å². The van der Waals surface area contributed by atoms with Gasteiger partial charge in [0.1, 0.15) is 29.0 Å². The fraction of sp³-hybridized carbons (Fsp3) is 0.586. The number of hydrogen-bond donors (Lipinski definition) is 4. The van der Waals surface area contributed by atoms with Gasteiger partial charge in [0.25, 0.3) is 5.91 Å². The van der Waals surface area contributed by atoms with Gasteiger partial charge in [0.2, 0.25) is 21.8 Å². The summed E-state index contributed by atoms with van der Waals surface area (Å²) in [5.74, 6) is -2.28. The molecule has 1 aromatic rings. The Hall–Kier alpha value is -3.61. The summed E-state index contributed by atoms with van der Waals surface area (Å²) in [6.45, 7) is 14.0. The van der Waals surface area contributed by atoms with E-state index >= 15 is 0 Å². The van der Waals surface area contributed by atoms with Gasteiger partial charge in [-0.3, -0.25) is 19.1 Å². The van der Waals surface area contributed by atoms with Gasteiger partial charge in [0.05, 0.1) is 12.4 Å². The van der Waals surface area contributed by atoms with E-state index in [4.69, 9.17) is 9.47 Å². The van der Waals surface area contributed by atoms with Crippen molar-refractivity contribution in [1.82, 2.24) is 20.7 Å². The molecule has 4 N–H and O–H groups in total. The van der Waals surface area contributed by atoms with Crippen LogP contribution in [0.5, 0.6) is 5.75 Å². The van der Waals surface area contributed by atoms with Gasteiger partial charge >= 0.3 is 6.09 Å². The van der Waals surface area contributed by atoms with E-state index in [0.29, 0.717) is 24.2 Å². The first-order chi connectivity index (χ1) is 19.3. The predicted molar refractivity (Wildman–Crippen MR) is 156 cm³/mol. The molecule has 1 unspecified atom stereocenters. The summed E-state index contributed by atoms with van der Waals surface area (Å²) in [7, 11) is -2.39. The molecule has 2 aliphatic carbocycles. The molecule has 0 aliphatic heterocycles. The van der Waals surface area contributed by atoms with Crippen LogP contribution < -0.4 is 25.4 Å². The minimum absolute atomic E-state index is 0.141. The third-order valence-electron chi connectivity index (χ3n) is 7.04. The Morgan fingerprint density at radius 1 is 1.00 bits per heavy atom. The molecule has 12 nitrogen and oxygen atoms in total. The second kappa shape index (κ2) is 11.9. The molecule has 4 atom stereocenters. The second-order valence-electron chi connectivity index (χ2n) is 12.8. The van der Waals surface area contributed by atoms with Crippen LogP contribution >= 0.6 is 0 Å². The minimum atomic E-state index is -3.87. The fourth-order valence-corrected chi connectivity index (χ4v) is 5.79. The summed E-state index contributed by atoms with van der Waals surface area (Å²) in [5.41, 5.74) is -2.77. The van der Waals surface area contributed by atoms with Gasteiger partial charge in [-0.25, -0.2) is 13.2 Å². The lowest BCUT2D eigenvalue weighted by Crippen LogP contribution is -2.58. The van der Waals surface area contributed by atoms with Crippen molar-refractivity contribution >= 4 is 33.8 Å². The molecule has 13 heteroatoms. The number of benzene rings is 1. The molecule has 2 saturated carbocycles. The van der Waals surface area contributed by atoms with E-state index in [9.17, 15) is 27.6 Å². The largest absolute Gasteiger partial charge is 0.497 e. The number of hydrogen-bond acceptors (Lipinski definition) is 8. The van der Waals surface area contributed by atoms with Crippen molar-refractivity contribution in [2.24, 2.45) is 11.3 Å². The van der Waals surface area contributed by atoms with Crippen molar-refractivity contribution in [2.45, 2.75) is 89.3 Å². The quantitative estimate of drug-likeness (QED) is 0.279. The number of ether oxygens (including phenoxy) is 2. The summed E-state index contributed by atoms with van der Waals surface area (Å²) in [6, 6.07) is 3.96. The van der Waals surface area contributed by atoms with Crippen LogP contribution in [0.15, 0.2) is 36.9 Å². The minimum Gasteiger partial charge on any atom is -0.497 e. The van der Waals surface area contributed by atoms with Crippen LogP contribution in [0.4, 0.5) is 4.79 Å². The van der Waals surface area contributed by atoms with Crippen molar-refractivity contribution in [3.05, 3.63) is 42.5 Å². The molecule has 0 aromatic heterocycles. The van der Waals surface area contributed by atoms with E-state index in [2.05, 4.69) is 27.3 Å². The van der Waals surface area contributed by atoms with Gasteiger partial charge < -0.3 is 25.4 Å². The van der Waals surface area contributed by atoms with Crippen molar-refractivity contribution in [1.29, 1.82) is 0 Å². The summed E-state index contributed by atoms with van der Waals surface area (Å²) in [6.07, 6.45) is 1.74. The molecule has 232 valence electrons. The normalized spacial score (nSPS) is 21.6. The summed E-state index contributed by atoms with van der Waals surface area (Å²) < 4.78 is 37.6. The smallest absolute Gasteiger partial charge is 0.408 e. The van der Waals surface area contributed by atoms with Crippen LogP contribution in [0.25, 0.3) is 0 Å². The Labute approximate surface area is 247 Å². The molecular formula is C29H42N4O8S. The van der Waals surface area contributed by atoms with Crippen molar-refractivity contribution in [2.75, 3.05) is 7.11 Å². The Kier molecular flexibility index (Phi) is 9.35. The zero-order chi connectivity index (χ0) is 31.7. The zero-order valence-corrected chi connectivity index (χ0v) is 26.0. The van der Waals surface area contributed by atoms with Crippen molar-refractivity contribution in [3.63, 3.8) is 0 Å². The van der Waals surface area contributed by atoms with Crippen LogP contribution in [0, 0.1) is 11.3 Å². The molecule has 4 amide bonds. The standard InChI is InChI=1S/C29H42N4O8S/c1-9-18-16-29(18,25(36)33-42(38,39)20-14-15-20)32-23(34)21(17-10-12-19(40-8)13-11-17)30-24(35)22(27(2,3)4)31-26(37)41-28(5,6)7/h9-13,18,20-22H,1,14-16H2,2-8H3,(H,30,35)(H,31,37)(H,32,34)(H,33,36)/t18-,21+,22-,29?/m1/s1. The first-order valence-electron chi connectivity index (χ1n) is 13.8. The number of nitrogens with one attached hydrogen (secondary N) is 4. The SMILES string of the molecule is C=C[C@@H]1CC1(NC(=O)[C@@H](NC(=O)[C@@H](NC(=O)OC(C)(C)C)C(C)(C)C)c1ccc(OC)cc1)C(=O)NS(=O)(=O)C1CC1. The number of amides is 4. The molecule has 0 radical (unpaired) electrons. The lowest BCUT2D eigenvalue weighted by Gasteiger charge is -2.33. The van der Waals surface area contributed by atoms with E-state index in [0.717, 1.165) is 0 Å².